The number of benzene rings is 1. The van der Waals surface area contributed by atoms with Crippen LogP contribution in [-0.2, 0) is 6.42 Å². The Bertz CT molecular complexity index is 414. The molecule has 3 rings (SSSR count). The molecule has 0 atom stereocenters. The number of anilines is 1. The summed E-state index contributed by atoms with van der Waals surface area (Å²) in [5, 5.41) is 0. The summed E-state index contributed by atoms with van der Waals surface area (Å²) in [6.07, 6.45) is 3.55. The molecule has 0 radical (unpaired) electrons. The van der Waals surface area contributed by atoms with E-state index in [2.05, 4.69) is 41.0 Å². The van der Waals surface area contributed by atoms with Crippen molar-refractivity contribution < 1.29 is 0 Å². The van der Waals surface area contributed by atoms with Gasteiger partial charge >= 0.3 is 0 Å². The summed E-state index contributed by atoms with van der Waals surface area (Å²) in [6.45, 7) is 7.84. The van der Waals surface area contributed by atoms with Gasteiger partial charge in [-0.2, -0.15) is 0 Å². The number of nitrogens with zero attached hydrogens (tertiary/aromatic N) is 2. The SMILES string of the molecule is CCc1ccc(N2CCN(CC3(N)CC3)CC2)cc1. The quantitative estimate of drug-likeness (QED) is 0.896. The Morgan fingerprint density at radius 2 is 1.68 bits per heavy atom. The molecular weight excluding hydrogens is 234 g/mol. The van der Waals surface area contributed by atoms with E-state index in [1.165, 1.54) is 24.1 Å². The molecule has 1 aromatic rings. The van der Waals surface area contributed by atoms with Gasteiger partial charge in [0.05, 0.1) is 0 Å². The van der Waals surface area contributed by atoms with Crippen molar-refractivity contribution >= 4 is 5.69 Å². The highest BCUT2D eigenvalue weighted by Gasteiger charge is 2.40. The molecule has 1 aliphatic carbocycles. The monoisotopic (exact) mass is 259 g/mol. The lowest BCUT2D eigenvalue weighted by molar-refractivity contribution is 0.236. The van der Waals surface area contributed by atoms with Gasteiger partial charge < -0.3 is 10.6 Å². The van der Waals surface area contributed by atoms with Crippen LogP contribution >= 0.6 is 0 Å². The third-order valence-corrected chi connectivity index (χ3v) is 4.51. The molecule has 19 heavy (non-hydrogen) atoms. The van der Waals surface area contributed by atoms with Gasteiger partial charge in [0.15, 0.2) is 0 Å². The zero-order chi connectivity index (χ0) is 13.3. The molecule has 3 nitrogen and oxygen atoms in total. The minimum absolute atomic E-state index is 0.158. The fourth-order valence-corrected chi connectivity index (χ4v) is 2.87. The smallest absolute Gasteiger partial charge is 0.0367 e. The van der Waals surface area contributed by atoms with Gasteiger partial charge in [0.2, 0.25) is 0 Å². The first kappa shape index (κ1) is 12.9. The molecule has 3 heteroatoms. The van der Waals surface area contributed by atoms with E-state index >= 15 is 0 Å². The van der Waals surface area contributed by atoms with Crippen LogP contribution in [0.4, 0.5) is 5.69 Å². The van der Waals surface area contributed by atoms with Crippen LogP contribution in [0.1, 0.15) is 25.3 Å². The first-order valence-electron chi connectivity index (χ1n) is 7.54. The standard InChI is InChI=1S/C16H25N3/c1-2-14-3-5-15(6-4-14)19-11-9-18(10-12-19)13-16(17)7-8-16/h3-6H,2,7-13,17H2,1H3. The van der Waals surface area contributed by atoms with E-state index in [0.29, 0.717) is 0 Å². The first-order chi connectivity index (χ1) is 9.18. The molecule has 0 bridgehead atoms. The zero-order valence-electron chi connectivity index (χ0n) is 11.9. The second-order valence-corrected chi connectivity index (χ2v) is 6.15. The molecule has 1 aliphatic heterocycles. The maximum Gasteiger partial charge on any atom is 0.0367 e. The third-order valence-electron chi connectivity index (χ3n) is 4.51. The van der Waals surface area contributed by atoms with Crippen molar-refractivity contribution in [3.8, 4) is 0 Å². The maximum atomic E-state index is 6.20. The molecule has 104 valence electrons. The molecule has 1 heterocycles. The van der Waals surface area contributed by atoms with Crippen LogP contribution in [0.2, 0.25) is 0 Å². The molecule has 0 amide bonds. The first-order valence-corrected chi connectivity index (χ1v) is 7.54. The molecule has 1 aromatic carbocycles. The molecule has 0 unspecified atom stereocenters. The minimum Gasteiger partial charge on any atom is -0.369 e. The van der Waals surface area contributed by atoms with Gasteiger partial charge in [-0.3, -0.25) is 4.90 Å². The highest BCUT2D eigenvalue weighted by Crippen LogP contribution is 2.33. The van der Waals surface area contributed by atoms with Gasteiger partial charge in [-0.05, 0) is 37.0 Å². The van der Waals surface area contributed by atoms with Crippen molar-refractivity contribution in [3.63, 3.8) is 0 Å². The molecule has 1 saturated heterocycles. The summed E-state index contributed by atoms with van der Waals surface area (Å²) in [5.74, 6) is 0. The average molecular weight is 259 g/mol. The van der Waals surface area contributed by atoms with Gasteiger partial charge in [0.1, 0.15) is 0 Å². The van der Waals surface area contributed by atoms with Crippen molar-refractivity contribution in [2.75, 3.05) is 37.6 Å². The zero-order valence-corrected chi connectivity index (χ0v) is 11.9. The molecule has 2 aliphatic rings. The fourth-order valence-electron chi connectivity index (χ4n) is 2.87. The highest BCUT2D eigenvalue weighted by molar-refractivity contribution is 5.48. The Hall–Kier alpha value is -1.06. The van der Waals surface area contributed by atoms with Crippen LogP contribution in [0.5, 0.6) is 0 Å². The van der Waals surface area contributed by atoms with Crippen molar-refractivity contribution in [1.29, 1.82) is 0 Å². The Kier molecular flexibility index (Phi) is 3.50. The summed E-state index contributed by atoms with van der Waals surface area (Å²) in [7, 11) is 0. The third kappa shape index (κ3) is 3.10. The van der Waals surface area contributed by atoms with Gasteiger partial charge in [0.25, 0.3) is 0 Å². The number of rotatable bonds is 4. The molecule has 1 saturated carbocycles. The van der Waals surface area contributed by atoms with Crippen molar-refractivity contribution in [3.05, 3.63) is 29.8 Å². The summed E-state index contributed by atoms with van der Waals surface area (Å²) in [5.41, 5.74) is 9.14. The van der Waals surface area contributed by atoms with E-state index in [1.807, 2.05) is 0 Å². The number of nitrogens with two attached hydrogens (primary N) is 1. The van der Waals surface area contributed by atoms with Crippen molar-refractivity contribution in [2.45, 2.75) is 31.7 Å². The van der Waals surface area contributed by atoms with Crippen LogP contribution in [-0.4, -0.2) is 43.2 Å². The van der Waals surface area contributed by atoms with Crippen LogP contribution < -0.4 is 10.6 Å². The van der Waals surface area contributed by atoms with E-state index in [4.69, 9.17) is 5.73 Å². The van der Waals surface area contributed by atoms with Gasteiger partial charge in [-0.25, -0.2) is 0 Å². The predicted octanol–water partition coefficient (Wildman–Crippen LogP) is 1.86. The van der Waals surface area contributed by atoms with Gasteiger partial charge in [0, 0.05) is 44.0 Å². The molecule has 0 spiro atoms. The second-order valence-electron chi connectivity index (χ2n) is 6.15. The Balaban J connectivity index is 1.54. The summed E-state index contributed by atoms with van der Waals surface area (Å²) >= 11 is 0. The lowest BCUT2D eigenvalue weighted by atomic mass is 10.1. The van der Waals surface area contributed by atoms with E-state index in [9.17, 15) is 0 Å². The van der Waals surface area contributed by atoms with E-state index < -0.39 is 0 Å². The largest absolute Gasteiger partial charge is 0.369 e. The molecule has 2 N–H and O–H groups in total. The average Bonchev–Trinajstić information content (AvgIpc) is 3.17. The normalized spacial score (nSPS) is 22.5. The number of piperazine rings is 1. The van der Waals surface area contributed by atoms with Crippen molar-refractivity contribution in [1.82, 2.24) is 4.90 Å². The van der Waals surface area contributed by atoms with Gasteiger partial charge in [-0.1, -0.05) is 19.1 Å². The number of hydrogen-bond acceptors (Lipinski definition) is 3. The number of hydrogen-bond donors (Lipinski definition) is 1. The van der Waals surface area contributed by atoms with E-state index in [0.717, 1.165) is 39.1 Å². The summed E-state index contributed by atoms with van der Waals surface area (Å²) < 4.78 is 0. The van der Waals surface area contributed by atoms with Crippen LogP contribution in [0, 0.1) is 0 Å². The van der Waals surface area contributed by atoms with E-state index in [-0.39, 0.29) is 5.54 Å². The second kappa shape index (κ2) is 5.14. The number of aryl methyl sites for hydroxylation is 1. The van der Waals surface area contributed by atoms with Gasteiger partial charge in [-0.15, -0.1) is 0 Å². The lowest BCUT2D eigenvalue weighted by Gasteiger charge is -2.37. The lowest BCUT2D eigenvalue weighted by Crippen LogP contribution is -2.50. The van der Waals surface area contributed by atoms with Crippen LogP contribution in [0.3, 0.4) is 0 Å². The van der Waals surface area contributed by atoms with E-state index in [1.54, 1.807) is 0 Å². The highest BCUT2D eigenvalue weighted by atomic mass is 15.3. The van der Waals surface area contributed by atoms with Crippen LogP contribution in [0.25, 0.3) is 0 Å². The predicted molar refractivity (Wildman–Crippen MR) is 80.6 cm³/mol. The van der Waals surface area contributed by atoms with Crippen molar-refractivity contribution in [2.24, 2.45) is 5.73 Å². The molecule has 2 fully saturated rings. The molecular formula is C16H25N3. The Labute approximate surface area is 116 Å². The van der Waals surface area contributed by atoms with Crippen LogP contribution in [0.15, 0.2) is 24.3 Å². The molecule has 0 aromatic heterocycles. The fraction of sp³-hybridized carbons (Fsp3) is 0.625. The summed E-state index contributed by atoms with van der Waals surface area (Å²) in [6, 6.07) is 9.03. The Morgan fingerprint density at radius 3 is 2.21 bits per heavy atom. The maximum absolute atomic E-state index is 6.20. The summed E-state index contributed by atoms with van der Waals surface area (Å²) in [4.78, 5) is 5.02. The Morgan fingerprint density at radius 1 is 1.05 bits per heavy atom. The minimum atomic E-state index is 0.158. The topological polar surface area (TPSA) is 32.5 Å².